The summed E-state index contributed by atoms with van der Waals surface area (Å²) in [6.45, 7) is 2.11. The number of carboxylic acids is 1. The molecule has 9 heteroatoms. The Morgan fingerprint density at radius 3 is 2.31 bits per heavy atom. The van der Waals surface area contributed by atoms with E-state index in [4.69, 9.17) is 4.74 Å². The first-order valence-corrected chi connectivity index (χ1v) is 11.6. The van der Waals surface area contributed by atoms with Gasteiger partial charge in [-0.25, -0.2) is 9.59 Å². The molecule has 0 unspecified atom stereocenters. The van der Waals surface area contributed by atoms with Crippen LogP contribution in [0.15, 0.2) is 54.7 Å². The van der Waals surface area contributed by atoms with Crippen LogP contribution in [0.4, 0.5) is 10.5 Å². The number of benzene rings is 2. The predicted molar refractivity (Wildman–Crippen MR) is 130 cm³/mol. The largest absolute Gasteiger partial charge is 0.476 e. The maximum atomic E-state index is 12.9. The Morgan fingerprint density at radius 2 is 1.71 bits per heavy atom. The summed E-state index contributed by atoms with van der Waals surface area (Å²) in [5, 5.41) is 18.5. The Hall–Kier alpha value is -4.14. The van der Waals surface area contributed by atoms with E-state index in [-0.39, 0.29) is 23.9 Å². The van der Waals surface area contributed by atoms with Gasteiger partial charge >= 0.3 is 12.1 Å². The number of rotatable bonds is 9. The van der Waals surface area contributed by atoms with Crippen molar-refractivity contribution >= 4 is 23.7 Å². The molecule has 0 saturated heterocycles. The smallest absolute Gasteiger partial charge is 0.407 e. The highest BCUT2D eigenvalue weighted by atomic mass is 16.5. The van der Waals surface area contributed by atoms with Crippen LogP contribution in [0.5, 0.6) is 0 Å². The summed E-state index contributed by atoms with van der Waals surface area (Å²) in [5.74, 6) is -1.83. The fourth-order valence-corrected chi connectivity index (χ4v) is 4.46. The van der Waals surface area contributed by atoms with Crippen LogP contribution in [0.1, 0.15) is 53.7 Å². The van der Waals surface area contributed by atoms with E-state index in [2.05, 4.69) is 27.9 Å². The van der Waals surface area contributed by atoms with Gasteiger partial charge in [-0.2, -0.15) is 5.10 Å². The molecule has 0 radical (unpaired) electrons. The lowest BCUT2D eigenvalue weighted by Gasteiger charge is -2.19. The normalized spacial score (nSPS) is 13.0. The minimum Gasteiger partial charge on any atom is -0.476 e. The number of nitrogens with zero attached hydrogens (tertiary/aromatic N) is 2. The second-order valence-corrected chi connectivity index (χ2v) is 8.49. The van der Waals surface area contributed by atoms with Gasteiger partial charge < -0.3 is 20.5 Å². The van der Waals surface area contributed by atoms with Crippen LogP contribution in [0.3, 0.4) is 0 Å². The Kier molecular flexibility index (Phi) is 7.14. The molecule has 1 aliphatic carbocycles. The zero-order valence-electron chi connectivity index (χ0n) is 19.7. The van der Waals surface area contributed by atoms with Gasteiger partial charge in [0.2, 0.25) is 5.91 Å². The minimum atomic E-state index is -1.21. The average molecular weight is 477 g/mol. The number of hydrogen-bond donors (Lipinski definition) is 3. The minimum absolute atomic E-state index is 0.0702. The van der Waals surface area contributed by atoms with Crippen molar-refractivity contribution in [3.8, 4) is 11.1 Å². The monoisotopic (exact) mass is 476 g/mol. The van der Waals surface area contributed by atoms with Crippen LogP contribution in [0, 0.1) is 0 Å². The third-order valence-electron chi connectivity index (χ3n) is 6.20. The summed E-state index contributed by atoms with van der Waals surface area (Å²) < 4.78 is 6.74. The van der Waals surface area contributed by atoms with Crippen LogP contribution in [0.2, 0.25) is 0 Å². The van der Waals surface area contributed by atoms with Gasteiger partial charge in [0.05, 0.1) is 11.9 Å². The Bertz CT molecular complexity index is 1210. The van der Waals surface area contributed by atoms with Crippen LogP contribution in [-0.4, -0.2) is 45.5 Å². The zero-order valence-corrected chi connectivity index (χ0v) is 19.7. The van der Waals surface area contributed by atoms with Crippen LogP contribution in [0.25, 0.3) is 11.1 Å². The molecule has 9 nitrogen and oxygen atoms in total. The second-order valence-electron chi connectivity index (χ2n) is 8.49. The molecule has 1 atom stereocenters. The number of aryl methyl sites for hydroxylation is 1. The van der Waals surface area contributed by atoms with Gasteiger partial charge in [-0.05, 0) is 28.7 Å². The lowest BCUT2D eigenvalue weighted by molar-refractivity contribution is -0.118. The summed E-state index contributed by atoms with van der Waals surface area (Å²) in [4.78, 5) is 37.1. The number of fused-ring (bicyclic) bond motifs is 3. The third kappa shape index (κ3) is 5.03. The summed E-state index contributed by atoms with van der Waals surface area (Å²) >= 11 is 0. The first-order valence-electron chi connectivity index (χ1n) is 11.6. The van der Waals surface area contributed by atoms with Crippen molar-refractivity contribution in [1.82, 2.24) is 15.1 Å². The van der Waals surface area contributed by atoms with Crippen molar-refractivity contribution in [1.29, 1.82) is 0 Å². The third-order valence-corrected chi connectivity index (χ3v) is 6.20. The van der Waals surface area contributed by atoms with Crippen molar-refractivity contribution in [2.45, 2.75) is 38.1 Å². The lowest BCUT2D eigenvalue weighted by Crippen LogP contribution is -2.44. The van der Waals surface area contributed by atoms with E-state index < -0.39 is 24.0 Å². The maximum Gasteiger partial charge on any atom is 0.407 e. The molecule has 0 fully saturated rings. The lowest BCUT2D eigenvalue weighted by atomic mass is 9.98. The number of amides is 2. The number of alkyl carbamates (subject to hydrolysis) is 1. The van der Waals surface area contributed by atoms with Crippen molar-refractivity contribution in [3.63, 3.8) is 0 Å². The van der Waals surface area contributed by atoms with Gasteiger partial charge in [0, 0.05) is 13.0 Å². The van der Waals surface area contributed by atoms with Gasteiger partial charge in [-0.3, -0.25) is 9.48 Å². The van der Waals surface area contributed by atoms with Crippen LogP contribution in [-0.2, 0) is 16.6 Å². The van der Waals surface area contributed by atoms with E-state index >= 15 is 0 Å². The highest BCUT2D eigenvalue weighted by Gasteiger charge is 2.30. The van der Waals surface area contributed by atoms with Gasteiger partial charge in [0.15, 0.2) is 5.69 Å². The molecule has 2 amide bonds. The molecule has 0 aliphatic heterocycles. The van der Waals surface area contributed by atoms with Crippen molar-refractivity contribution < 1.29 is 24.2 Å². The zero-order chi connectivity index (χ0) is 24.9. The number of nitrogens with one attached hydrogen (secondary N) is 2. The Labute approximate surface area is 203 Å². The number of aromatic nitrogens is 2. The molecule has 182 valence electrons. The number of ether oxygens (including phenoxy) is 1. The summed E-state index contributed by atoms with van der Waals surface area (Å²) in [7, 11) is 1.47. The highest BCUT2D eigenvalue weighted by molar-refractivity contribution is 6.01. The molecule has 35 heavy (non-hydrogen) atoms. The highest BCUT2D eigenvalue weighted by Crippen LogP contribution is 2.44. The van der Waals surface area contributed by atoms with Crippen LogP contribution < -0.4 is 10.6 Å². The molecule has 4 rings (SSSR count). The molecule has 0 saturated carbocycles. The number of hydrogen-bond acceptors (Lipinski definition) is 5. The van der Waals surface area contributed by atoms with E-state index in [1.54, 1.807) is 0 Å². The number of carboxylic acid groups (broad SMARTS) is 1. The summed E-state index contributed by atoms with van der Waals surface area (Å²) in [6, 6.07) is 15.2. The maximum absolute atomic E-state index is 12.9. The standard InChI is InChI=1S/C26H28N4O5/c1-3-4-13-21(24(31)28-22-14-27-30(2)23(22)25(32)33)29-26(34)35-15-20-18-11-7-5-9-16(18)17-10-6-8-12-19(17)20/h5-12,14,20-21H,3-4,13,15H2,1-2H3,(H,28,31)(H,29,34)(H,32,33)/t21-/m0/s1. The molecule has 0 bridgehead atoms. The number of aromatic carboxylic acids is 1. The molecule has 1 heterocycles. The van der Waals surface area contributed by atoms with Crippen molar-refractivity contribution in [2.75, 3.05) is 11.9 Å². The number of carbonyl (C=O) groups excluding carboxylic acids is 2. The van der Waals surface area contributed by atoms with Gasteiger partial charge in [0.1, 0.15) is 12.6 Å². The fourth-order valence-electron chi connectivity index (χ4n) is 4.46. The van der Waals surface area contributed by atoms with Gasteiger partial charge in [0.25, 0.3) is 0 Å². The average Bonchev–Trinajstić information content (AvgIpc) is 3.37. The topological polar surface area (TPSA) is 123 Å². The number of carbonyl (C=O) groups is 3. The van der Waals surface area contributed by atoms with Crippen LogP contribution >= 0.6 is 0 Å². The van der Waals surface area contributed by atoms with Crippen molar-refractivity contribution in [2.24, 2.45) is 7.05 Å². The Balaban J connectivity index is 1.43. The van der Waals surface area contributed by atoms with E-state index in [0.29, 0.717) is 12.8 Å². The number of unbranched alkanes of at least 4 members (excludes halogenated alkanes) is 1. The SMILES string of the molecule is CCCC[C@H](NC(=O)OCC1c2ccccc2-c2ccccc21)C(=O)Nc1cnn(C)c1C(=O)O. The van der Waals surface area contributed by atoms with E-state index in [1.165, 1.54) is 13.2 Å². The molecule has 1 aromatic heterocycles. The molecular formula is C26H28N4O5. The van der Waals surface area contributed by atoms with Gasteiger partial charge in [-0.15, -0.1) is 0 Å². The van der Waals surface area contributed by atoms with E-state index in [9.17, 15) is 19.5 Å². The summed E-state index contributed by atoms with van der Waals surface area (Å²) in [5.41, 5.74) is 4.37. The van der Waals surface area contributed by atoms with E-state index in [0.717, 1.165) is 33.4 Å². The molecule has 1 aliphatic rings. The molecule has 2 aromatic carbocycles. The second kappa shape index (κ2) is 10.4. The molecule has 0 spiro atoms. The Morgan fingerprint density at radius 1 is 1.09 bits per heavy atom. The fraction of sp³-hybridized carbons (Fsp3) is 0.308. The summed E-state index contributed by atoms with van der Waals surface area (Å²) in [6.07, 6.45) is 2.47. The quantitative estimate of drug-likeness (QED) is 0.426. The molecular weight excluding hydrogens is 448 g/mol. The first kappa shape index (κ1) is 24.0. The predicted octanol–water partition coefficient (Wildman–Crippen LogP) is 4.15. The molecule has 3 aromatic rings. The molecule has 3 N–H and O–H groups in total. The van der Waals surface area contributed by atoms with Crippen molar-refractivity contribution in [3.05, 3.63) is 71.5 Å². The first-order chi connectivity index (χ1) is 16.9. The van der Waals surface area contributed by atoms with E-state index in [1.807, 2.05) is 43.3 Å². The number of anilines is 1. The van der Waals surface area contributed by atoms with Gasteiger partial charge in [-0.1, -0.05) is 68.3 Å².